The Balaban J connectivity index is 2.10. The summed E-state index contributed by atoms with van der Waals surface area (Å²) in [6.07, 6.45) is 2.31. The zero-order valence-corrected chi connectivity index (χ0v) is 14.6. The van der Waals surface area contributed by atoms with Crippen molar-refractivity contribution in [3.05, 3.63) is 47.3 Å². The first-order valence-corrected chi connectivity index (χ1v) is 8.21. The predicted molar refractivity (Wildman–Crippen MR) is 96.1 cm³/mol. The normalized spacial score (nSPS) is 11.6. The zero-order chi connectivity index (χ0) is 16.7. The van der Waals surface area contributed by atoms with Gasteiger partial charge >= 0.3 is 0 Å². The van der Waals surface area contributed by atoms with Crippen molar-refractivity contribution in [2.24, 2.45) is 4.99 Å². The number of nitrogens with one attached hydrogen (secondary N) is 2. The highest BCUT2D eigenvalue weighted by Gasteiger charge is 2.09. The van der Waals surface area contributed by atoms with Gasteiger partial charge in [0.05, 0.1) is 11.4 Å². The first kappa shape index (κ1) is 17.1. The molecule has 0 fully saturated rings. The number of hydrogen-bond donors (Lipinski definition) is 2. The molecule has 5 heteroatoms. The van der Waals surface area contributed by atoms with E-state index in [0.29, 0.717) is 6.54 Å². The Morgan fingerprint density at radius 3 is 2.65 bits per heavy atom. The van der Waals surface area contributed by atoms with Gasteiger partial charge < -0.3 is 10.6 Å². The van der Waals surface area contributed by atoms with Crippen LogP contribution in [0.2, 0.25) is 0 Å². The van der Waals surface area contributed by atoms with E-state index in [-0.39, 0.29) is 0 Å². The highest BCUT2D eigenvalue weighted by Crippen LogP contribution is 2.16. The number of aryl methyl sites for hydroxylation is 2. The fraction of sp³-hybridized carbons (Fsp3) is 0.444. The van der Waals surface area contributed by atoms with Crippen LogP contribution in [0.5, 0.6) is 0 Å². The highest BCUT2D eigenvalue weighted by molar-refractivity contribution is 5.79. The summed E-state index contributed by atoms with van der Waals surface area (Å²) >= 11 is 0. The Bertz CT molecular complexity index is 657. The minimum absolute atomic E-state index is 0.709. The van der Waals surface area contributed by atoms with Gasteiger partial charge in [-0.15, -0.1) is 0 Å². The summed E-state index contributed by atoms with van der Waals surface area (Å²) in [5.74, 6) is 0.835. The van der Waals surface area contributed by atoms with E-state index in [2.05, 4.69) is 58.8 Å². The molecule has 0 radical (unpaired) electrons. The summed E-state index contributed by atoms with van der Waals surface area (Å²) in [6, 6.07) is 10.4. The van der Waals surface area contributed by atoms with Crippen LogP contribution in [0, 0.1) is 13.8 Å². The maximum absolute atomic E-state index is 4.59. The molecular formula is C18H27N5. The van der Waals surface area contributed by atoms with Crippen molar-refractivity contribution in [1.82, 2.24) is 20.4 Å². The molecule has 5 nitrogen and oxygen atoms in total. The Morgan fingerprint density at radius 2 is 2.00 bits per heavy atom. The van der Waals surface area contributed by atoms with Gasteiger partial charge in [-0.25, -0.2) is 4.68 Å². The van der Waals surface area contributed by atoms with Crippen molar-refractivity contribution < 1.29 is 0 Å². The van der Waals surface area contributed by atoms with Crippen molar-refractivity contribution in [2.45, 2.75) is 40.2 Å². The number of unbranched alkanes of at least 4 members (excludes halogenated alkanes) is 1. The van der Waals surface area contributed by atoms with Crippen molar-refractivity contribution in [3.8, 4) is 5.69 Å². The number of nitrogens with zero attached hydrogens (tertiary/aromatic N) is 3. The van der Waals surface area contributed by atoms with E-state index in [9.17, 15) is 0 Å². The lowest BCUT2D eigenvalue weighted by Crippen LogP contribution is -2.37. The van der Waals surface area contributed by atoms with Crippen molar-refractivity contribution in [1.29, 1.82) is 0 Å². The minimum atomic E-state index is 0.709. The van der Waals surface area contributed by atoms with Gasteiger partial charge in [0, 0.05) is 25.8 Å². The summed E-state index contributed by atoms with van der Waals surface area (Å²) in [5, 5.41) is 11.3. The van der Waals surface area contributed by atoms with Gasteiger partial charge in [-0.1, -0.05) is 31.5 Å². The van der Waals surface area contributed by atoms with E-state index in [1.807, 2.05) is 17.7 Å². The Morgan fingerprint density at radius 1 is 1.22 bits per heavy atom. The second-order valence-corrected chi connectivity index (χ2v) is 5.67. The molecule has 0 aliphatic heterocycles. The molecule has 1 aromatic carbocycles. The predicted octanol–water partition coefficient (Wildman–Crippen LogP) is 2.95. The van der Waals surface area contributed by atoms with E-state index < -0.39 is 0 Å². The monoisotopic (exact) mass is 313 g/mol. The molecule has 1 aromatic heterocycles. The third-order valence-corrected chi connectivity index (χ3v) is 3.72. The van der Waals surface area contributed by atoms with Crippen LogP contribution >= 0.6 is 0 Å². The third kappa shape index (κ3) is 4.58. The molecule has 0 unspecified atom stereocenters. The van der Waals surface area contributed by atoms with Crippen LogP contribution < -0.4 is 10.6 Å². The van der Waals surface area contributed by atoms with E-state index in [4.69, 9.17) is 0 Å². The van der Waals surface area contributed by atoms with Crippen LogP contribution in [0.1, 0.15) is 36.7 Å². The smallest absolute Gasteiger partial charge is 0.191 e. The summed E-state index contributed by atoms with van der Waals surface area (Å²) in [6.45, 7) is 7.93. The average molecular weight is 313 g/mol. The number of aromatic nitrogens is 2. The summed E-state index contributed by atoms with van der Waals surface area (Å²) in [7, 11) is 1.80. The largest absolute Gasteiger partial charge is 0.356 e. The fourth-order valence-corrected chi connectivity index (χ4v) is 2.52. The lowest BCUT2D eigenvalue weighted by Gasteiger charge is -2.15. The molecule has 0 bridgehead atoms. The topological polar surface area (TPSA) is 54.2 Å². The number of aliphatic imine (C=N–C) groups is 1. The molecule has 0 atom stereocenters. The number of hydrogen-bond acceptors (Lipinski definition) is 2. The van der Waals surface area contributed by atoms with Crippen LogP contribution in [0.3, 0.4) is 0 Å². The van der Waals surface area contributed by atoms with Crippen molar-refractivity contribution >= 4 is 5.96 Å². The van der Waals surface area contributed by atoms with Gasteiger partial charge in [0.15, 0.2) is 5.96 Å². The van der Waals surface area contributed by atoms with Gasteiger partial charge in [-0.3, -0.25) is 4.99 Å². The number of para-hydroxylation sites is 1. The number of guanidine groups is 1. The SMILES string of the molecule is CCCCNC(=NC)NCc1ccccc1-n1nc(C)cc1C. The Kier molecular flexibility index (Phi) is 6.20. The molecule has 0 aliphatic carbocycles. The van der Waals surface area contributed by atoms with Crippen molar-refractivity contribution in [2.75, 3.05) is 13.6 Å². The second-order valence-electron chi connectivity index (χ2n) is 5.67. The summed E-state index contributed by atoms with van der Waals surface area (Å²) in [5.41, 5.74) is 4.47. The quantitative estimate of drug-likeness (QED) is 0.490. The molecule has 0 spiro atoms. The fourth-order valence-electron chi connectivity index (χ4n) is 2.52. The molecule has 124 valence electrons. The highest BCUT2D eigenvalue weighted by atomic mass is 15.3. The van der Waals surface area contributed by atoms with Crippen LogP contribution in [-0.2, 0) is 6.54 Å². The molecule has 0 amide bonds. The van der Waals surface area contributed by atoms with E-state index in [1.165, 1.54) is 12.0 Å². The average Bonchev–Trinajstić information content (AvgIpc) is 2.89. The third-order valence-electron chi connectivity index (χ3n) is 3.72. The standard InChI is InChI=1S/C18H27N5/c1-5-6-11-20-18(19-4)21-13-16-9-7-8-10-17(16)23-15(3)12-14(2)22-23/h7-10,12H,5-6,11,13H2,1-4H3,(H2,19,20,21). The molecule has 0 aliphatic rings. The van der Waals surface area contributed by atoms with Crippen LogP contribution in [0.25, 0.3) is 5.69 Å². The first-order valence-electron chi connectivity index (χ1n) is 8.21. The maximum atomic E-state index is 4.59. The van der Waals surface area contributed by atoms with E-state index >= 15 is 0 Å². The second kappa shape index (κ2) is 8.36. The molecule has 0 saturated heterocycles. The van der Waals surface area contributed by atoms with Gasteiger partial charge in [0.2, 0.25) is 0 Å². The lowest BCUT2D eigenvalue weighted by molar-refractivity contribution is 0.726. The van der Waals surface area contributed by atoms with Gasteiger partial charge in [0.1, 0.15) is 0 Å². The molecule has 2 aromatic rings. The molecule has 23 heavy (non-hydrogen) atoms. The molecule has 1 heterocycles. The van der Waals surface area contributed by atoms with E-state index in [0.717, 1.165) is 36.0 Å². The molecule has 0 saturated carbocycles. The molecule has 2 N–H and O–H groups in total. The van der Waals surface area contributed by atoms with Gasteiger partial charge in [0.25, 0.3) is 0 Å². The molecule has 2 rings (SSSR count). The van der Waals surface area contributed by atoms with E-state index in [1.54, 1.807) is 7.05 Å². The minimum Gasteiger partial charge on any atom is -0.356 e. The summed E-state index contributed by atoms with van der Waals surface area (Å²) < 4.78 is 2.00. The Hall–Kier alpha value is -2.30. The van der Waals surface area contributed by atoms with Crippen LogP contribution in [0.4, 0.5) is 0 Å². The Labute approximate surface area is 138 Å². The summed E-state index contributed by atoms with van der Waals surface area (Å²) in [4.78, 5) is 4.27. The molecular weight excluding hydrogens is 286 g/mol. The maximum Gasteiger partial charge on any atom is 0.191 e. The van der Waals surface area contributed by atoms with Crippen molar-refractivity contribution in [3.63, 3.8) is 0 Å². The number of rotatable bonds is 6. The first-order chi connectivity index (χ1) is 11.2. The van der Waals surface area contributed by atoms with Gasteiger partial charge in [-0.2, -0.15) is 5.10 Å². The lowest BCUT2D eigenvalue weighted by atomic mass is 10.1. The zero-order valence-electron chi connectivity index (χ0n) is 14.6. The van der Waals surface area contributed by atoms with Crippen LogP contribution in [-0.4, -0.2) is 29.3 Å². The van der Waals surface area contributed by atoms with Crippen LogP contribution in [0.15, 0.2) is 35.3 Å². The van der Waals surface area contributed by atoms with Gasteiger partial charge in [-0.05, 0) is 38.0 Å². The number of benzene rings is 1.